The minimum Gasteiger partial charge on any atom is -0.291 e. The van der Waals surface area contributed by atoms with E-state index in [0.717, 1.165) is 12.0 Å². The highest BCUT2D eigenvalue weighted by Gasteiger charge is 2.14. The monoisotopic (exact) mass is 328 g/mol. The van der Waals surface area contributed by atoms with Crippen LogP contribution < -0.4 is 4.72 Å². The predicted octanol–water partition coefficient (Wildman–Crippen LogP) is 2.63. The highest BCUT2D eigenvalue weighted by atomic mass is 32.2. The molecule has 1 aromatic carbocycles. The number of aryl methyl sites for hydroxylation is 1. The van der Waals surface area contributed by atoms with Crippen molar-refractivity contribution in [1.82, 2.24) is 14.5 Å². The van der Waals surface area contributed by atoms with Crippen LogP contribution in [0.3, 0.4) is 0 Å². The first kappa shape index (κ1) is 15.2. The maximum Gasteiger partial charge on any atom is 0.261 e. The van der Waals surface area contributed by atoms with Crippen LogP contribution in [-0.4, -0.2) is 23.0 Å². The third kappa shape index (κ3) is 3.40. The van der Waals surface area contributed by atoms with Crippen LogP contribution in [0.2, 0.25) is 0 Å². The molecule has 2 heterocycles. The molecule has 0 saturated heterocycles. The second-order valence-corrected chi connectivity index (χ2v) is 6.66. The molecule has 0 aliphatic rings. The van der Waals surface area contributed by atoms with Gasteiger partial charge in [0.25, 0.3) is 10.0 Å². The van der Waals surface area contributed by atoms with Crippen LogP contribution in [0.4, 0.5) is 5.69 Å². The lowest BCUT2D eigenvalue weighted by atomic mass is 10.2. The summed E-state index contributed by atoms with van der Waals surface area (Å²) in [4.78, 5) is 8.40. The van der Waals surface area contributed by atoms with Crippen molar-refractivity contribution >= 4 is 15.7 Å². The van der Waals surface area contributed by atoms with Crippen molar-refractivity contribution in [1.29, 1.82) is 0 Å². The van der Waals surface area contributed by atoms with Gasteiger partial charge in [0.05, 0.1) is 16.8 Å². The van der Waals surface area contributed by atoms with Gasteiger partial charge >= 0.3 is 0 Å². The Bertz CT molecular complexity index is 871. The Balaban J connectivity index is 1.79. The number of sulfonamides is 1. The van der Waals surface area contributed by atoms with Crippen LogP contribution in [0.15, 0.2) is 66.2 Å². The molecule has 0 bridgehead atoms. The predicted molar refractivity (Wildman–Crippen MR) is 88.0 cm³/mol. The van der Waals surface area contributed by atoms with Crippen LogP contribution in [0.25, 0.3) is 5.82 Å². The zero-order valence-electron chi connectivity index (χ0n) is 12.5. The molecule has 0 aliphatic heterocycles. The maximum absolute atomic E-state index is 12.4. The quantitative estimate of drug-likeness (QED) is 0.781. The molecule has 7 heteroatoms. The van der Waals surface area contributed by atoms with Gasteiger partial charge in [-0.05, 0) is 36.2 Å². The number of nitrogens with one attached hydrogen (secondary N) is 1. The summed E-state index contributed by atoms with van der Waals surface area (Å²) in [5, 5.41) is 0. The van der Waals surface area contributed by atoms with E-state index in [2.05, 4.69) is 14.7 Å². The summed E-state index contributed by atoms with van der Waals surface area (Å²) in [6.45, 7) is 2.02. The van der Waals surface area contributed by atoms with Crippen LogP contribution in [-0.2, 0) is 16.4 Å². The number of aromatic nitrogens is 3. The fourth-order valence-electron chi connectivity index (χ4n) is 2.11. The molecule has 3 aromatic rings. The standard InChI is InChI=1S/C16H16N4O2S/c1-2-13-3-6-15(7-4-13)23(21,22)19-14-5-8-16(18-11-14)20-10-9-17-12-20/h3-12,19H,2H2,1H3. The first-order valence-electron chi connectivity index (χ1n) is 7.14. The van der Waals surface area contributed by atoms with Gasteiger partial charge in [0.2, 0.25) is 0 Å². The first-order chi connectivity index (χ1) is 11.1. The van der Waals surface area contributed by atoms with Crippen molar-refractivity contribution < 1.29 is 8.42 Å². The highest BCUT2D eigenvalue weighted by molar-refractivity contribution is 7.92. The Hall–Kier alpha value is -2.67. The molecule has 0 radical (unpaired) electrons. The summed E-state index contributed by atoms with van der Waals surface area (Å²) in [7, 11) is -3.61. The number of pyridine rings is 1. The van der Waals surface area contributed by atoms with Gasteiger partial charge in [-0.3, -0.25) is 9.29 Å². The molecule has 1 N–H and O–H groups in total. The summed E-state index contributed by atoms with van der Waals surface area (Å²) in [5.41, 5.74) is 1.50. The Labute approximate surface area is 134 Å². The lowest BCUT2D eigenvalue weighted by Crippen LogP contribution is -2.13. The van der Waals surface area contributed by atoms with Crippen molar-refractivity contribution in [2.24, 2.45) is 0 Å². The highest BCUT2D eigenvalue weighted by Crippen LogP contribution is 2.17. The van der Waals surface area contributed by atoms with Gasteiger partial charge in [-0.2, -0.15) is 0 Å². The van der Waals surface area contributed by atoms with E-state index in [9.17, 15) is 8.42 Å². The zero-order valence-corrected chi connectivity index (χ0v) is 13.4. The molecule has 0 amide bonds. The van der Waals surface area contributed by atoms with Crippen molar-refractivity contribution in [2.75, 3.05) is 4.72 Å². The summed E-state index contributed by atoms with van der Waals surface area (Å²) >= 11 is 0. The van der Waals surface area contributed by atoms with Crippen LogP contribution in [0, 0.1) is 0 Å². The van der Waals surface area contributed by atoms with E-state index in [1.807, 2.05) is 19.1 Å². The van der Waals surface area contributed by atoms with E-state index in [1.54, 1.807) is 47.6 Å². The van der Waals surface area contributed by atoms with Crippen molar-refractivity contribution in [2.45, 2.75) is 18.2 Å². The fraction of sp³-hybridized carbons (Fsp3) is 0.125. The van der Waals surface area contributed by atoms with Crippen LogP contribution in [0.1, 0.15) is 12.5 Å². The molecule has 0 unspecified atom stereocenters. The van der Waals surface area contributed by atoms with Gasteiger partial charge in [-0.15, -0.1) is 0 Å². The second-order valence-electron chi connectivity index (χ2n) is 4.98. The van der Waals surface area contributed by atoms with E-state index in [0.29, 0.717) is 11.5 Å². The number of rotatable bonds is 5. The molecule has 0 saturated carbocycles. The maximum atomic E-state index is 12.4. The molecule has 23 heavy (non-hydrogen) atoms. The average molecular weight is 328 g/mol. The molecule has 118 valence electrons. The van der Waals surface area contributed by atoms with Gasteiger partial charge in [0.15, 0.2) is 0 Å². The van der Waals surface area contributed by atoms with Gasteiger partial charge in [-0.25, -0.2) is 18.4 Å². The van der Waals surface area contributed by atoms with E-state index in [1.165, 1.54) is 6.20 Å². The van der Waals surface area contributed by atoms with Gasteiger partial charge in [0.1, 0.15) is 12.1 Å². The van der Waals surface area contributed by atoms with Crippen molar-refractivity contribution in [3.8, 4) is 5.82 Å². The molecule has 0 fully saturated rings. The molecule has 0 spiro atoms. The van der Waals surface area contributed by atoms with Gasteiger partial charge in [-0.1, -0.05) is 19.1 Å². The molecule has 0 aliphatic carbocycles. The first-order valence-corrected chi connectivity index (χ1v) is 8.63. The lowest BCUT2D eigenvalue weighted by Gasteiger charge is -2.09. The second kappa shape index (κ2) is 6.21. The molecule has 2 aromatic heterocycles. The number of benzene rings is 1. The summed E-state index contributed by atoms with van der Waals surface area (Å²) in [5.74, 6) is 0.665. The number of nitrogens with zero attached hydrogens (tertiary/aromatic N) is 3. The minimum absolute atomic E-state index is 0.230. The zero-order chi connectivity index (χ0) is 16.3. The molecule has 0 atom stereocenters. The number of hydrogen-bond donors (Lipinski definition) is 1. The number of imidazole rings is 1. The Morgan fingerprint density at radius 3 is 2.48 bits per heavy atom. The molecular formula is C16H16N4O2S. The Kier molecular flexibility index (Phi) is 4.12. The fourth-order valence-corrected chi connectivity index (χ4v) is 3.16. The van der Waals surface area contributed by atoms with E-state index in [-0.39, 0.29) is 4.90 Å². The average Bonchev–Trinajstić information content (AvgIpc) is 3.10. The Morgan fingerprint density at radius 2 is 1.91 bits per heavy atom. The molecule has 6 nitrogen and oxygen atoms in total. The Morgan fingerprint density at radius 1 is 1.13 bits per heavy atom. The van der Waals surface area contributed by atoms with E-state index in [4.69, 9.17) is 0 Å². The number of anilines is 1. The largest absolute Gasteiger partial charge is 0.291 e. The molecule has 3 rings (SSSR count). The summed E-state index contributed by atoms with van der Waals surface area (Å²) < 4.78 is 29.0. The van der Waals surface area contributed by atoms with Crippen molar-refractivity contribution in [3.63, 3.8) is 0 Å². The normalized spacial score (nSPS) is 11.3. The van der Waals surface area contributed by atoms with Gasteiger partial charge < -0.3 is 0 Å². The lowest BCUT2D eigenvalue weighted by molar-refractivity contribution is 0.601. The summed E-state index contributed by atoms with van der Waals surface area (Å²) in [6, 6.07) is 10.2. The van der Waals surface area contributed by atoms with Crippen LogP contribution in [0.5, 0.6) is 0 Å². The summed E-state index contributed by atoms with van der Waals surface area (Å²) in [6.07, 6.45) is 7.39. The minimum atomic E-state index is -3.61. The van der Waals surface area contributed by atoms with E-state index < -0.39 is 10.0 Å². The van der Waals surface area contributed by atoms with E-state index >= 15 is 0 Å². The van der Waals surface area contributed by atoms with Crippen molar-refractivity contribution in [3.05, 3.63) is 66.9 Å². The van der Waals surface area contributed by atoms with Gasteiger partial charge in [0, 0.05) is 12.4 Å². The van der Waals surface area contributed by atoms with Crippen LogP contribution >= 0.6 is 0 Å². The number of hydrogen-bond acceptors (Lipinski definition) is 4. The topological polar surface area (TPSA) is 76.9 Å². The SMILES string of the molecule is CCc1ccc(S(=O)(=O)Nc2ccc(-n3ccnc3)nc2)cc1. The third-order valence-electron chi connectivity index (χ3n) is 3.41. The smallest absolute Gasteiger partial charge is 0.261 e. The molecular weight excluding hydrogens is 312 g/mol. The third-order valence-corrected chi connectivity index (χ3v) is 4.81.